The Bertz CT molecular complexity index is 1020. The highest BCUT2D eigenvalue weighted by molar-refractivity contribution is 7.11. The standard InChI is InChI=1S/C18H11ClN4O2S/c19-14-6-4-12(5-7-14)17-11-26-18(22-17)13(9-20)10-21-15-2-1-3-16(8-15)23(24)25/h1-8,10-11,21H/b13-10-. The second kappa shape index (κ2) is 7.78. The van der Waals surface area contributed by atoms with Gasteiger partial charge in [0, 0.05) is 40.0 Å². The molecule has 0 radical (unpaired) electrons. The number of thiazole rings is 1. The molecule has 0 spiro atoms. The molecule has 0 saturated heterocycles. The van der Waals surface area contributed by atoms with Crippen LogP contribution < -0.4 is 5.32 Å². The summed E-state index contributed by atoms with van der Waals surface area (Å²) in [6.45, 7) is 0. The zero-order chi connectivity index (χ0) is 18.5. The van der Waals surface area contributed by atoms with Crippen LogP contribution in [-0.2, 0) is 0 Å². The number of hydrogen-bond donors (Lipinski definition) is 1. The van der Waals surface area contributed by atoms with Crippen molar-refractivity contribution in [3.63, 3.8) is 0 Å². The number of nitro groups is 1. The first-order valence-corrected chi connectivity index (χ1v) is 8.65. The minimum absolute atomic E-state index is 0.0267. The number of nitrogens with one attached hydrogen (secondary N) is 1. The van der Waals surface area contributed by atoms with E-state index >= 15 is 0 Å². The highest BCUT2D eigenvalue weighted by Gasteiger charge is 2.10. The monoisotopic (exact) mass is 382 g/mol. The summed E-state index contributed by atoms with van der Waals surface area (Å²) in [7, 11) is 0. The van der Waals surface area contributed by atoms with Crippen LogP contribution in [0.15, 0.2) is 60.1 Å². The van der Waals surface area contributed by atoms with E-state index in [4.69, 9.17) is 11.6 Å². The molecule has 0 unspecified atom stereocenters. The van der Waals surface area contributed by atoms with Crippen LogP contribution in [-0.4, -0.2) is 9.91 Å². The molecule has 0 fully saturated rings. The Morgan fingerprint density at radius 2 is 2.08 bits per heavy atom. The summed E-state index contributed by atoms with van der Waals surface area (Å²) >= 11 is 7.23. The van der Waals surface area contributed by atoms with Crippen molar-refractivity contribution in [3.05, 3.63) is 80.3 Å². The number of nitro benzene ring substituents is 1. The van der Waals surface area contributed by atoms with Crippen molar-refractivity contribution >= 4 is 39.9 Å². The first kappa shape index (κ1) is 17.6. The fourth-order valence-corrected chi connectivity index (χ4v) is 3.08. The molecule has 128 valence electrons. The number of benzene rings is 2. The third kappa shape index (κ3) is 4.06. The molecule has 26 heavy (non-hydrogen) atoms. The van der Waals surface area contributed by atoms with Gasteiger partial charge in [-0.3, -0.25) is 10.1 Å². The Balaban J connectivity index is 1.82. The lowest BCUT2D eigenvalue weighted by molar-refractivity contribution is -0.384. The average molecular weight is 383 g/mol. The lowest BCUT2D eigenvalue weighted by Gasteiger charge is -2.01. The second-order valence-corrected chi connectivity index (χ2v) is 6.46. The smallest absolute Gasteiger partial charge is 0.271 e. The van der Waals surface area contributed by atoms with Crippen LogP contribution in [0.25, 0.3) is 16.8 Å². The molecule has 1 aromatic heterocycles. The van der Waals surface area contributed by atoms with Gasteiger partial charge in [-0.15, -0.1) is 11.3 Å². The number of hydrogen-bond acceptors (Lipinski definition) is 6. The van der Waals surface area contributed by atoms with Crippen molar-refractivity contribution in [1.82, 2.24) is 4.98 Å². The van der Waals surface area contributed by atoms with Gasteiger partial charge in [-0.25, -0.2) is 4.98 Å². The number of aromatic nitrogens is 1. The molecule has 2 aromatic carbocycles. The lowest BCUT2D eigenvalue weighted by Crippen LogP contribution is -1.93. The normalized spacial score (nSPS) is 11.0. The Labute approximate surface area is 158 Å². The molecule has 0 aliphatic rings. The van der Waals surface area contributed by atoms with Crippen LogP contribution >= 0.6 is 22.9 Å². The third-order valence-corrected chi connectivity index (χ3v) is 4.56. The van der Waals surface area contributed by atoms with E-state index in [0.29, 0.717) is 21.3 Å². The van der Waals surface area contributed by atoms with Gasteiger partial charge in [0.05, 0.1) is 10.6 Å². The van der Waals surface area contributed by atoms with Crippen LogP contribution in [0, 0.1) is 21.4 Å². The molecule has 0 aliphatic heterocycles. The molecule has 0 saturated carbocycles. The Morgan fingerprint density at radius 1 is 1.31 bits per heavy atom. The number of nitrogens with zero attached hydrogens (tertiary/aromatic N) is 3. The molecular formula is C18H11ClN4O2S. The summed E-state index contributed by atoms with van der Waals surface area (Å²) in [5.41, 5.74) is 2.48. The van der Waals surface area contributed by atoms with E-state index in [1.807, 2.05) is 17.5 Å². The first-order chi connectivity index (χ1) is 12.6. The molecule has 6 nitrogen and oxygen atoms in total. The predicted octanol–water partition coefficient (Wildman–Crippen LogP) is 5.35. The number of halogens is 1. The maximum absolute atomic E-state index is 10.8. The summed E-state index contributed by atoms with van der Waals surface area (Å²) < 4.78 is 0. The van der Waals surface area contributed by atoms with Crippen LogP contribution in [0.1, 0.15) is 5.01 Å². The molecule has 3 aromatic rings. The summed E-state index contributed by atoms with van der Waals surface area (Å²) in [4.78, 5) is 14.8. The van der Waals surface area contributed by atoms with E-state index in [-0.39, 0.29) is 5.69 Å². The van der Waals surface area contributed by atoms with Crippen molar-refractivity contribution in [2.45, 2.75) is 0 Å². The Hall–Kier alpha value is -3.21. The summed E-state index contributed by atoms with van der Waals surface area (Å²) in [6.07, 6.45) is 1.49. The van der Waals surface area contributed by atoms with E-state index < -0.39 is 4.92 Å². The van der Waals surface area contributed by atoms with Gasteiger partial charge in [0.15, 0.2) is 0 Å². The van der Waals surface area contributed by atoms with Crippen molar-refractivity contribution in [3.8, 4) is 17.3 Å². The number of allylic oxidation sites excluding steroid dienone is 1. The van der Waals surface area contributed by atoms with Crippen LogP contribution in [0.5, 0.6) is 0 Å². The highest BCUT2D eigenvalue weighted by Crippen LogP contribution is 2.27. The fourth-order valence-electron chi connectivity index (χ4n) is 2.16. The van der Waals surface area contributed by atoms with Crippen LogP contribution in [0.3, 0.4) is 0 Å². The highest BCUT2D eigenvalue weighted by atomic mass is 35.5. The van der Waals surface area contributed by atoms with Crippen molar-refractivity contribution in [2.24, 2.45) is 0 Å². The molecule has 0 amide bonds. The molecule has 3 rings (SSSR count). The van der Waals surface area contributed by atoms with Crippen molar-refractivity contribution < 1.29 is 4.92 Å². The number of anilines is 1. The van der Waals surface area contributed by atoms with Gasteiger partial charge in [-0.1, -0.05) is 29.8 Å². The van der Waals surface area contributed by atoms with E-state index in [0.717, 1.165) is 11.3 Å². The molecule has 8 heteroatoms. The largest absolute Gasteiger partial charge is 0.360 e. The second-order valence-electron chi connectivity index (χ2n) is 5.17. The van der Waals surface area contributed by atoms with Gasteiger partial charge >= 0.3 is 0 Å². The Kier molecular flexibility index (Phi) is 5.27. The minimum atomic E-state index is -0.473. The zero-order valence-corrected chi connectivity index (χ0v) is 14.8. The molecule has 0 bridgehead atoms. The maximum atomic E-state index is 10.8. The molecule has 0 aliphatic carbocycles. The minimum Gasteiger partial charge on any atom is -0.360 e. The van der Waals surface area contributed by atoms with Gasteiger partial charge in [-0.2, -0.15) is 5.26 Å². The molecule has 1 heterocycles. The summed E-state index contributed by atoms with van der Waals surface area (Å²) in [5.74, 6) is 0. The van der Waals surface area contributed by atoms with Gasteiger partial charge in [0.2, 0.25) is 0 Å². The third-order valence-electron chi connectivity index (χ3n) is 3.44. The van der Waals surface area contributed by atoms with E-state index in [2.05, 4.69) is 16.4 Å². The first-order valence-electron chi connectivity index (χ1n) is 7.40. The number of rotatable bonds is 5. The molecular weight excluding hydrogens is 372 g/mol. The van der Waals surface area contributed by atoms with E-state index in [1.54, 1.807) is 24.3 Å². The maximum Gasteiger partial charge on any atom is 0.271 e. The molecule has 0 atom stereocenters. The van der Waals surface area contributed by atoms with Gasteiger partial charge in [0.1, 0.15) is 16.6 Å². The summed E-state index contributed by atoms with van der Waals surface area (Å²) in [6, 6.07) is 15.4. The Morgan fingerprint density at radius 3 is 2.77 bits per heavy atom. The van der Waals surface area contributed by atoms with Crippen molar-refractivity contribution in [1.29, 1.82) is 5.26 Å². The summed E-state index contributed by atoms with van der Waals surface area (Å²) in [5, 5.41) is 26.2. The number of nitriles is 1. The van der Waals surface area contributed by atoms with Gasteiger partial charge < -0.3 is 5.32 Å². The van der Waals surface area contributed by atoms with Gasteiger partial charge in [-0.05, 0) is 18.2 Å². The predicted molar refractivity (Wildman–Crippen MR) is 103 cm³/mol. The van der Waals surface area contributed by atoms with E-state index in [1.165, 1.54) is 29.7 Å². The lowest BCUT2D eigenvalue weighted by atomic mass is 10.2. The SMILES string of the molecule is N#C/C(=C/Nc1cccc([N+](=O)[O-])c1)c1nc(-c2ccc(Cl)cc2)cs1. The number of non-ortho nitro benzene ring substituents is 1. The average Bonchev–Trinajstić information content (AvgIpc) is 3.13. The van der Waals surface area contributed by atoms with Gasteiger partial charge in [0.25, 0.3) is 5.69 Å². The topological polar surface area (TPSA) is 91.8 Å². The molecule has 1 N–H and O–H groups in total. The zero-order valence-electron chi connectivity index (χ0n) is 13.2. The fraction of sp³-hybridized carbons (Fsp3) is 0. The van der Waals surface area contributed by atoms with Crippen LogP contribution in [0.4, 0.5) is 11.4 Å². The van der Waals surface area contributed by atoms with Crippen molar-refractivity contribution in [2.75, 3.05) is 5.32 Å². The van der Waals surface area contributed by atoms with E-state index in [9.17, 15) is 15.4 Å². The quantitative estimate of drug-likeness (QED) is 0.365. The van der Waals surface area contributed by atoms with Crippen LogP contribution in [0.2, 0.25) is 5.02 Å².